The Balaban J connectivity index is 1.26. The summed E-state index contributed by atoms with van der Waals surface area (Å²) in [6, 6.07) is 14.5. The smallest absolute Gasteiger partial charge is 0.246 e. The first-order valence-electron chi connectivity index (χ1n) is 19.8. The van der Waals surface area contributed by atoms with E-state index in [1.165, 1.54) is 34.1 Å². The molecule has 3 aromatic carbocycles. The number of rotatable bonds is 18. The maximum absolute atomic E-state index is 14.0. The molecule has 0 aliphatic carbocycles. The van der Waals surface area contributed by atoms with Crippen LogP contribution in [0.25, 0.3) is 0 Å². The molecular formula is C42H52N8O10. The largest absolute Gasteiger partial charge is 0.508 e. The number of primary amides is 1. The highest BCUT2D eigenvalue weighted by molar-refractivity contribution is 5.97. The van der Waals surface area contributed by atoms with Crippen LogP contribution in [0, 0.1) is 0 Å². The highest BCUT2D eigenvalue weighted by atomic mass is 16.3. The number of phenolic OH excluding ortho intramolecular Hbond substituents is 2. The Bertz CT molecular complexity index is 2000. The lowest BCUT2D eigenvalue weighted by Crippen LogP contribution is -2.58. The number of aromatic hydroxyl groups is 2. The lowest BCUT2D eigenvalue weighted by molar-refractivity contribution is -0.142. The second-order valence-corrected chi connectivity index (χ2v) is 15.0. The molecule has 2 fully saturated rings. The second kappa shape index (κ2) is 20.9. The predicted octanol–water partition coefficient (Wildman–Crippen LogP) is -1.52. The number of nitrogens with zero attached hydrogens (tertiary/aromatic N) is 2. The molecule has 0 bridgehead atoms. The summed E-state index contributed by atoms with van der Waals surface area (Å²) in [6.07, 6.45) is 1.75. The van der Waals surface area contributed by atoms with Crippen LogP contribution in [0.2, 0.25) is 0 Å². The number of hydrogen-bond acceptors (Lipinski definition) is 11. The van der Waals surface area contributed by atoms with Gasteiger partial charge in [0.05, 0.1) is 19.2 Å². The molecule has 2 saturated heterocycles. The lowest BCUT2D eigenvalue weighted by atomic mass is 10.0. The van der Waals surface area contributed by atoms with E-state index in [1.807, 2.05) is 0 Å². The van der Waals surface area contributed by atoms with Gasteiger partial charge in [-0.25, -0.2) is 0 Å². The summed E-state index contributed by atoms with van der Waals surface area (Å²) >= 11 is 0. The van der Waals surface area contributed by atoms with Crippen LogP contribution in [0.4, 0.5) is 0 Å². The molecule has 0 spiro atoms. The maximum atomic E-state index is 14.0. The first kappa shape index (κ1) is 44.6. The molecule has 0 unspecified atom stereocenters. The molecule has 2 aliphatic rings. The summed E-state index contributed by atoms with van der Waals surface area (Å²) in [5.41, 5.74) is 13.5. The Hall–Kier alpha value is -6.53. The zero-order valence-corrected chi connectivity index (χ0v) is 33.0. The summed E-state index contributed by atoms with van der Waals surface area (Å²) in [4.78, 5) is 96.0. The Morgan fingerprint density at radius 3 is 1.65 bits per heavy atom. The van der Waals surface area contributed by atoms with E-state index in [0.717, 1.165) is 5.56 Å². The molecule has 0 saturated carbocycles. The molecule has 5 rings (SSSR count). The summed E-state index contributed by atoms with van der Waals surface area (Å²) in [5, 5.41) is 39.2. The van der Waals surface area contributed by atoms with Crippen LogP contribution in [0.1, 0.15) is 42.4 Å². The van der Waals surface area contributed by atoms with Gasteiger partial charge in [0.2, 0.25) is 41.4 Å². The topological polar surface area (TPSA) is 287 Å². The molecule has 6 atom stereocenters. The van der Waals surface area contributed by atoms with E-state index < -0.39 is 90.8 Å². The number of aliphatic hydroxyl groups is 1. The monoisotopic (exact) mass is 828 g/mol. The zero-order chi connectivity index (χ0) is 43.3. The van der Waals surface area contributed by atoms with E-state index in [1.54, 1.807) is 54.6 Å². The fraction of sp³-hybridized carbons (Fsp3) is 0.405. The van der Waals surface area contributed by atoms with Crippen LogP contribution < -0.4 is 32.7 Å². The van der Waals surface area contributed by atoms with Crippen LogP contribution in [0.5, 0.6) is 11.5 Å². The average molecular weight is 829 g/mol. The lowest BCUT2D eigenvalue weighted by Gasteiger charge is -2.30. The number of carbonyl (C=O) groups excluding carboxylic acids is 7. The Labute approximate surface area is 346 Å². The standard InChI is InChI=1S/C42H52N8O10/c43-30(20-26-10-14-28(52)15-11-26)41(59)49-18-4-8-34(49)39(57)47-31(21-25-6-2-1-3-7-25)38(56)45-23-36(54)46-32(22-27-12-16-29(53)17-13-27)42(60)50-19-5-9-35(50)40(58)48-33(24-51)37(44)55/h1-3,6-7,10-17,30-35,51-53H,4-5,8-9,18-24,43H2,(H2,44,55)(H,45,56)(H,46,54)(H,47,57)(H,48,58)/t30-,31-,32-,33-,34+,35-/m0/s1. The first-order chi connectivity index (χ1) is 28.7. The zero-order valence-electron chi connectivity index (χ0n) is 33.0. The molecule has 3 aromatic rings. The van der Waals surface area contributed by atoms with Gasteiger partial charge < -0.3 is 57.9 Å². The number of nitrogens with two attached hydrogens (primary N) is 2. The van der Waals surface area contributed by atoms with Crippen LogP contribution >= 0.6 is 0 Å². The SMILES string of the molecule is NC(=O)[C@H](CO)NC(=O)[C@@H]1CCCN1C(=O)[C@H](Cc1ccc(O)cc1)NC(=O)CNC(=O)[C@H](Cc1ccccc1)NC(=O)[C@H]1CCCN1C(=O)[C@@H](N)Cc1ccc(O)cc1. The Kier molecular flexibility index (Phi) is 15.6. The van der Waals surface area contributed by atoms with Gasteiger partial charge in [0, 0.05) is 25.9 Å². The average Bonchev–Trinajstić information content (AvgIpc) is 3.94. The molecule has 0 aromatic heterocycles. The van der Waals surface area contributed by atoms with E-state index in [9.17, 15) is 48.9 Å². The van der Waals surface area contributed by atoms with Crippen LogP contribution in [0.15, 0.2) is 78.9 Å². The minimum atomic E-state index is -1.36. The third kappa shape index (κ3) is 12.0. The maximum Gasteiger partial charge on any atom is 0.246 e. The van der Waals surface area contributed by atoms with E-state index >= 15 is 0 Å². The van der Waals surface area contributed by atoms with Crippen molar-refractivity contribution >= 4 is 41.4 Å². The van der Waals surface area contributed by atoms with E-state index in [4.69, 9.17) is 11.5 Å². The molecule has 7 amide bonds. The van der Waals surface area contributed by atoms with Gasteiger partial charge in [0.15, 0.2) is 0 Å². The van der Waals surface area contributed by atoms with E-state index in [2.05, 4.69) is 21.3 Å². The molecule has 18 heteroatoms. The van der Waals surface area contributed by atoms with Crippen molar-refractivity contribution in [1.29, 1.82) is 0 Å². The van der Waals surface area contributed by atoms with Gasteiger partial charge in [-0.3, -0.25) is 33.6 Å². The molecular weight excluding hydrogens is 777 g/mol. The predicted molar refractivity (Wildman–Crippen MR) is 216 cm³/mol. The molecule has 0 radical (unpaired) electrons. The molecule has 18 nitrogen and oxygen atoms in total. The molecule has 320 valence electrons. The van der Waals surface area contributed by atoms with Crippen molar-refractivity contribution in [1.82, 2.24) is 31.1 Å². The van der Waals surface area contributed by atoms with Crippen molar-refractivity contribution in [2.24, 2.45) is 11.5 Å². The minimum Gasteiger partial charge on any atom is -0.508 e. The normalized spacial score (nSPS) is 18.1. The number of benzene rings is 3. The number of nitrogens with one attached hydrogen (secondary N) is 4. The van der Waals surface area contributed by atoms with Gasteiger partial charge in [-0.05, 0) is 73.1 Å². The second-order valence-electron chi connectivity index (χ2n) is 15.0. The van der Waals surface area contributed by atoms with Crippen molar-refractivity contribution in [3.63, 3.8) is 0 Å². The van der Waals surface area contributed by atoms with Crippen LogP contribution in [0.3, 0.4) is 0 Å². The van der Waals surface area contributed by atoms with Crippen molar-refractivity contribution in [3.05, 3.63) is 95.6 Å². The minimum absolute atomic E-state index is 0.0175. The molecule has 2 aliphatic heterocycles. The summed E-state index contributed by atoms with van der Waals surface area (Å²) in [7, 11) is 0. The molecule has 60 heavy (non-hydrogen) atoms. The number of phenols is 2. The summed E-state index contributed by atoms with van der Waals surface area (Å²) < 4.78 is 0. The van der Waals surface area contributed by atoms with Gasteiger partial charge in [-0.15, -0.1) is 0 Å². The summed E-state index contributed by atoms with van der Waals surface area (Å²) in [5.74, 6) is -4.67. The van der Waals surface area contributed by atoms with Gasteiger partial charge in [-0.1, -0.05) is 54.6 Å². The number of hydrogen-bond donors (Lipinski definition) is 9. The Morgan fingerprint density at radius 2 is 1.12 bits per heavy atom. The highest BCUT2D eigenvalue weighted by Gasteiger charge is 2.40. The molecule has 11 N–H and O–H groups in total. The van der Waals surface area contributed by atoms with Crippen LogP contribution in [-0.2, 0) is 52.8 Å². The summed E-state index contributed by atoms with van der Waals surface area (Å²) in [6.45, 7) is -0.885. The van der Waals surface area contributed by atoms with Gasteiger partial charge >= 0.3 is 0 Å². The van der Waals surface area contributed by atoms with Crippen molar-refractivity contribution in [3.8, 4) is 11.5 Å². The Morgan fingerprint density at radius 1 is 0.633 bits per heavy atom. The third-order valence-electron chi connectivity index (χ3n) is 10.6. The quantitative estimate of drug-likeness (QED) is 0.0710. The fourth-order valence-electron chi connectivity index (χ4n) is 7.40. The first-order valence-corrected chi connectivity index (χ1v) is 19.8. The van der Waals surface area contributed by atoms with Crippen molar-refractivity contribution in [2.45, 2.75) is 81.2 Å². The van der Waals surface area contributed by atoms with Crippen molar-refractivity contribution in [2.75, 3.05) is 26.2 Å². The van der Waals surface area contributed by atoms with Crippen LogP contribution in [-0.4, -0.2) is 129 Å². The fourth-order valence-corrected chi connectivity index (χ4v) is 7.40. The molecule has 2 heterocycles. The van der Waals surface area contributed by atoms with Gasteiger partial charge in [-0.2, -0.15) is 0 Å². The highest BCUT2D eigenvalue weighted by Crippen LogP contribution is 2.22. The number of likely N-dealkylation sites (tertiary alicyclic amines) is 2. The van der Waals surface area contributed by atoms with Gasteiger partial charge in [0.1, 0.15) is 41.7 Å². The number of amides is 7. The van der Waals surface area contributed by atoms with Crippen molar-refractivity contribution < 1.29 is 48.9 Å². The number of carbonyl (C=O) groups is 7. The van der Waals surface area contributed by atoms with Gasteiger partial charge in [0.25, 0.3) is 0 Å². The third-order valence-corrected chi connectivity index (χ3v) is 10.6. The van der Waals surface area contributed by atoms with E-state index in [0.29, 0.717) is 36.9 Å². The van der Waals surface area contributed by atoms with E-state index in [-0.39, 0.29) is 43.7 Å². The number of aliphatic hydroxyl groups excluding tert-OH is 1.